The molecule has 2 N–H and O–H groups in total. The number of piperidine rings is 1. The van der Waals surface area contributed by atoms with Crippen LogP contribution in [0.1, 0.15) is 19.3 Å². The van der Waals surface area contributed by atoms with Crippen LogP contribution in [0.3, 0.4) is 0 Å². The average molecular weight is 184 g/mol. The van der Waals surface area contributed by atoms with E-state index in [9.17, 15) is 5.11 Å². The number of hydrogen-bond acceptors (Lipinski definition) is 3. The summed E-state index contributed by atoms with van der Waals surface area (Å²) in [5, 5.41) is 12.6. The Morgan fingerprint density at radius 2 is 1.92 bits per heavy atom. The first-order chi connectivity index (χ1) is 6.42. The Labute approximate surface area is 80.1 Å². The molecule has 2 atom stereocenters. The summed E-state index contributed by atoms with van der Waals surface area (Å²) >= 11 is 0. The molecule has 2 fully saturated rings. The van der Waals surface area contributed by atoms with Crippen molar-refractivity contribution in [2.45, 2.75) is 25.3 Å². The second-order valence-electron chi connectivity index (χ2n) is 4.26. The molecule has 2 unspecified atom stereocenters. The number of likely N-dealkylation sites (tertiary alicyclic amines) is 1. The number of aliphatic hydroxyl groups is 1. The van der Waals surface area contributed by atoms with E-state index in [1.165, 1.54) is 32.4 Å². The Balaban J connectivity index is 1.90. The number of hydrogen-bond donors (Lipinski definition) is 2. The number of rotatable bonds is 2. The maximum Gasteiger partial charge on any atom is 0.0486 e. The molecule has 0 aliphatic carbocycles. The molecule has 0 bridgehead atoms. The highest BCUT2D eigenvalue weighted by Crippen LogP contribution is 2.19. The van der Waals surface area contributed by atoms with Gasteiger partial charge in [0.2, 0.25) is 0 Å². The minimum atomic E-state index is 0.341. The van der Waals surface area contributed by atoms with E-state index >= 15 is 0 Å². The molecule has 3 nitrogen and oxygen atoms in total. The molecule has 2 rings (SSSR count). The SMILES string of the molecule is OCC1CNCC1N1CCCCC1. The van der Waals surface area contributed by atoms with Gasteiger partial charge in [-0.15, -0.1) is 0 Å². The largest absolute Gasteiger partial charge is 0.396 e. The van der Waals surface area contributed by atoms with Gasteiger partial charge in [-0.2, -0.15) is 0 Å². The third kappa shape index (κ3) is 2.03. The third-order valence-electron chi connectivity index (χ3n) is 3.40. The summed E-state index contributed by atoms with van der Waals surface area (Å²) in [5.74, 6) is 0.470. The fourth-order valence-corrected chi connectivity index (χ4v) is 2.58. The standard InChI is InChI=1S/C10H20N2O/c13-8-9-6-11-7-10(9)12-4-2-1-3-5-12/h9-11,13H,1-8H2. The lowest BCUT2D eigenvalue weighted by Gasteiger charge is -2.34. The smallest absolute Gasteiger partial charge is 0.0486 e. The predicted octanol–water partition coefficient (Wildman–Crippen LogP) is 0.0526. The second kappa shape index (κ2) is 4.40. The Hall–Kier alpha value is -0.120. The van der Waals surface area contributed by atoms with E-state index in [1.54, 1.807) is 0 Å². The topological polar surface area (TPSA) is 35.5 Å². The van der Waals surface area contributed by atoms with Crippen molar-refractivity contribution in [3.63, 3.8) is 0 Å². The van der Waals surface area contributed by atoms with Crippen LogP contribution >= 0.6 is 0 Å². The van der Waals surface area contributed by atoms with Crippen molar-refractivity contribution in [1.82, 2.24) is 10.2 Å². The molecular formula is C10H20N2O. The maximum absolute atomic E-state index is 9.20. The molecule has 0 amide bonds. The summed E-state index contributed by atoms with van der Waals surface area (Å²) in [6.07, 6.45) is 4.07. The number of nitrogens with zero attached hydrogens (tertiary/aromatic N) is 1. The zero-order valence-corrected chi connectivity index (χ0v) is 8.21. The van der Waals surface area contributed by atoms with Gasteiger partial charge < -0.3 is 10.4 Å². The van der Waals surface area contributed by atoms with Gasteiger partial charge in [-0.3, -0.25) is 4.90 Å². The minimum absolute atomic E-state index is 0.341. The Bertz CT molecular complexity index is 157. The van der Waals surface area contributed by atoms with Crippen molar-refractivity contribution in [2.75, 3.05) is 32.8 Å². The fourth-order valence-electron chi connectivity index (χ4n) is 2.58. The van der Waals surface area contributed by atoms with Crippen LogP contribution in [0.5, 0.6) is 0 Å². The van der Waals surface area contributed by atoms with Gasteiger partial charge in [0, 0.05) is 31.7 Å². The van der Waals surface area contributed by atoms with E-state index in [0.29, 0.717) is 18.6 Å². The Morgan fingerprint density at radius 1 is 1.15 bits per heavy atom. The zero-order valence-electron chi connectivity index (χ0n) is 8.21. The summed E-state index contributed by atoms with van der Waals surface area (Å²) < 4.78 is 0. The van der Waals surface area contributed by atoms with Crippen molar-refractivity contribution in [3.8, 4) is 0 Å². The van der Waals surface area contributed by atoms with Crippen molar-refractivity contribution in [2.24, 2.45) is 5.92 Å². The molecular weight excluding hydrogens is 164 g/mol. The van der Waals surface area contributed by atoms with Crippen molar-refractivity contribution in [1.29, 1.82) is 0 Å². The molecule has 0 spiro atoms. The number of nitrogens with one attached hydrogen (secondary N) is 1. The van der Waals surface area contributed by atoms with E-state index in [0.717, 1.165) is 13.1 Å². The van der Waals surface area contributed by atoms with Gasteiger partial charge in [0.1, 0.15) is 0 Å². The van der Waals surface area contributed by atoms with E-state index in [2.05, 4.69) is 10.2 Å². The van der Waals surface area contributed by atoms with Crippen LogP contribution < -0.4 is 5.32 Å². The third-order valence-corrected chi connectivity index (χ3v) is 3.40. The van der Waals surface area contributed by atoms with E-state index in [-0.39, 0.29) is 0 Å². The van der Waals surface area contributed by atoms with Gasteiger partial charge in [0.15, 0.2) is 0 Å². The van der Waals surface area contributed by atoms with E-state index in [1.807, 2.05) is 0 Å². The minimum Gasteiger partial charge on any atom is -0.396 e. The molecule has 0 saturated carbocycles. The molecule has 0 radical (unpaired) electrons. The first-order valence-electron chi connectivity index (χ1n) is 5.47. The van der Waals surface area contributed by atoms with Gasteiger partial charge in [0.05, 0.1) is 0 Å². The van der Waals surface area contributed by atoms with Crippen LogP contribution in [-0.4, -0.2) is 48.8 Å². The van der Waals surface area contributed by atoms with Crippen LogP contribution in [0.2, 0.25) is 0 Å². The highest BCUT2D eigenvalue weighted by molar-refractivity contribution is 4.89. The zero-order chi connectivity index (χ0) is 9.10. The van der Waals surface area contributed by atoms with Crippen LogP contribution in [0.25, 0.3) is 0 Å². The highest BCUT2D eigenvalue weighted by Gasteiger charge is 2.31. The van der Waals surface area contributed by atoms with Gasteiger partial charge >= 0.3 is 0 Å². The molecule has 13 heavy (non-hydrogen) atoms. The number of aliphatic hydroxyl groups excluding tert-OH is 1. The molecule has 3 heteroatoms. The molecule has 0 aromatic heterocycles. The summed E-state index contributed by atoms with van der Waals surface area (Å²) in [4.78, 5) is 2.56. The van der Waals surface area contributed by atoms with E-state index in [4.69, 9.17) is 0 Å². The Kier molecular flexibility index (Phi) is 3.19. The molecule has 2 heterocycles. The van der Waals surface area contributed by atoms with Crippen LogP contribution in [-0.2, 0) is 0 Å². The van der Waals surface area contributed by atoms with Gasteiger partial charge in [-0.25, -0.2) is 0 Å². The summed E-state index contributed by atoms with van der Waals surface area (Å²) in [7, 11) is 0. The lowest BCUT2D eigenvalue weighted by molar-refractivity contribution is 0.110. The first kappa shape index (κ1) is 9.44. The normalized spacial score (nSPS) is 36.7. The van der Waals surface area contributed by atoms with Gasteiger partial charge in [0.25, 0.3) is 0 Å². The molecule has 2 aliphatic heterocycles. The quantitative estimate of drug-likeness (QED) is 0.636. The first-order valence-corrected chi connectivity index (χ1v) is 5.47. The average Bonchev–Trinajstić information content (AvgIpc) is 2.67. The van der Waals surface area contributed by atoms with E-state index < -0.39 is 0 Å². The van der Waals surface area contributed by atoms with Crippen LogP contribution in [0.4, 0.5) is 0 Å². The monoisotopic (exact) mass is 184 g/mol. The lowest BCUT2D eigenvalue weighted by atomic mass is 10.0. The molecule has 76 valence electrons. The van der Waals surface area contributed by atoms with Crippen molar-refractivity contribution < 1.29 is 5.11 Å². The summed E-state index contributed by atoms with van der Waals surface area (Å²) in [6.45, 7) is 4.89. The maximum atomic E-state index is 9.20. The molecule has 0 aromatic rings. The van der Waals surface area contributed by atoms with Gasteiger partial charge in [-0.1, -0.05) is 6.42 Å². The lowest BCUT2D eigenvalue weighted by Crippen LogP contribution is -2.44. The fraction of sp³-hybridized carbons (Fsp3) is 1.00. The van der Waals surface area contributed by atoms with Crippen molar-refractivity contribution in [3.05, 3.63) is 0 Å². The van der Waals surface area contributed by atoms with Crippen LogP contribution in [0, 0.1) is 5.92 Å². The Morgan fingerprint density at radius 3 is 2.62 bits per heavy atom. The molecule has 2 saturated heterocycles. The molecule has 0 aromatic carbocycles. The summed E-state index contributed by atoms with van der Waals surface area (Å²) in [6, 6.07) is 0.602. The van der Waals surface area contributed by atoms with Crippen LogP contribution in [0.15, 0.2) is 0 Å². The summed E-state index contributed by atoms with van der Waals surface area (Å²) in [5.41, 5.74) is 0. The van der Waals surface area contributed by atoms with Crippen molar-refractivity contribution >= 4 is 0 Å². The second-order valence-corrected chi connectivity index (χ2v) is 4.26. The molecule has 2 aliphatic rings. The highest BCUT2D eigenvalue weighted by atomic mass is 16.3. The predicted molar refractivity (Wildman–Crippen MR) is 52.7 cm³/mol. The van der Waals surface area contributed by atoms with Gasteiger partial charge in [-0.05, 0) is 25.9 Å².